The van der Waals surface area contributed by atoms with E-state index in [-0.39, 0.29) is 30.5 Å². The molecule has 0 aromatic heterocycles. The van der Waals surface area contributed by atoms with E-state index in [4.69, 9.17) is 21.1 Å². The van der Waals surface area contributed by atoms with Crippen LogP contribution in [0.25, 0.3) is 0 Å². The summed E-state index contributed by atoms with van der Waals surface area (Å²) in [5, 5.41) is 9.94. The van der Waals surface area contributed by atoms with Gasteiger partial charge in [-0.3, -0.25) is 4.79 Å². The number of ether oxygens (including phenoxy) is 2. The summed E-state index contributed by atoms with van der Waals surface area (Å²) in [5.74, 6) is 0.693. The maximum absolute atomic E-state index is 11.2. The number of aliphatic carboxylic acids is 1. The number of hydrogen-bond acceptors (Lipinski definition) is 3. The molecule has 0 unspecified atom stereocenters. The van der Waals surface area contributed by atoms with Crippen molar-refractivity contribution in [3.8, 4) is 5.75 Å². The second-order valence-corrected chi connectivity index (χ2v) is 9.85. The third-order valence-electron chi connectivity index (χ3n) is 6.53. The monoisotopic (exact) mass is 428 g/mol. The Labute approximate surface area is 183 Å². The first-order chi connectivity index (χ1) is 14.2. The van der Waals surface area contributed by atoms with Crippen LogP contribution in [0, 0.1) is 11.8 Å². The number of fused-ring (bicyclic) bond motifs is 3. The van der Waals surface area contributed by atoms with Crippen molar-refractivity contribution < 1.29 is 19.4 Å². The van der Waals surface area contributed by atoms with E-state index in [9.17, 15) is 9.90 Å². The van der Waals surface area contributed by atoms with Gasteiger partial charge in [-0.25, -0.2) is 0 Å². The van der Waals surface area contributed by atoms with Crippen LogP contribution in [-0.4, -0.2) is 22.8 Å². The summed E-state index contributed by atoms with van der Waals surface area (Å²) in [4.78, 5) is 11.2. The molecule has 0 amide bonds. The molecule has 0 aliphatic carbocycles. The Kier molecular flexibility index (Phi) is 5.58. The summed E-state index contributed by atoms with van der Waals surface area (Å²) in [7, 11) is 0. The molecule has 2 aliphatic heterocycles. The molecule has 2 heterocycles. The SMILES string of the molecule is CC(C)[C@@H]1O[C@@H]2c3cc(CC(=O)O)ccc3OC(C)(C)[C@H]2C[C@H]1c1ccc(Cl)cc1. The molecule has 0 radical (unpaired) electrons. The Morgan fingerprint density at radius 1 is 1.20 bits per heavy atom. The largest absolute Gasteiger partial charge is 0.487 e. The van der Waals surface area contributed by atoms with Gasteiger partial charge < -0.3 is 14.6 Å². The minimum atomic E-state index is -0.837. The van der Waals surface area contributed by atoms with E-state index >= 15 is 0 Å². The third-order valence-corrected chi connectivity index (χ3v) is 6.78. The highest BCUT2D eigenvalue weighted by Crippen LogP contribution is 2.54. The Balaban J connectivity index is 1.74. The van der Waals surface area contributed by atoms with Gasteiger partial charge in [-0.2, -0.15) is 0 Å². The second kappa shape index (κ2) is 7.90. The van der Waals surface area contributed by atoms with Crippen molar-refractivity contribution in [3.05, 3.63) is 64.2 Å². The minimum absolute atomic E-state index is 0.00489. The normalized spacial score (nSPS) is 27.1. The van der Waals surface area contributed by atoms with Crippen LogP contribution in [0.4, 0.5) is 0 Å². The lowest BCUT2D eigenvalue weighted by atomic mass is 9.69. The van der Waals surface area contributed by atoms with Crippen molar-refractivity contribution in [2.75, 3.05) is 0 Å². The molecule has 0 bridgehead atoms. The summed E-state index contributed by atoms with van der Waals surface area (Å²) in [6.45, 7) is 8.63. The molecular formula is C25H29ClO4. The lowest BCUT2D eigenvalue weighted by Crippen LogP contribution is -2.51. The number of carbonyl (C=O) groups is 1. The molecule has 2 aromatic carbocycles. The van der Waals surface area contributed by atoms with E-state index in [1.54, 1.807) is 0 Å². The summed E-state index contributed by atoms with van der Waals surface area (Å²) < 4.78 is 13.2. The number of benzene rings is 2. The van der Waals surface area contributed by atoms with Crippen molar-refractivity contribution in [1.82, 2.24) is 0 Å². The van der Waals surface area contributed by atoms with Crippen molar-refractivity contribution in [1.29, 1.82) is 0 Å². The van der Waals surface area contributed by atoms with E-state index in [0.717, 1.165) is 28.3 Å². The molecular weight excluding hydrogens is 400 g/mol. The van der Waals surface area contributed by atoms with E-state index in [2.05, 4.69) is 39.8 Å². The fourth-order valence-electron chi connectivity index (χ4n) is 5.04. The first-order valence-electron chi connectivity index (χ1n) is 10.6. The standard InChI is InChI=1S/C25H29ClO4/c1-14(2)23-18(16-6-8-17(26)9-7-16)13-20-24(29-23)19-11-15(12-22(27)28)5-10-21(19)30-25(20,3)4/h5-11,14,18,20,23-24H,12-13H2,1-4H3,(H,27,28)/t18-,20-,23-,24+/m0/s1. The number of halogens is 1. The number of hydrogen-bond donors (Lipinski definition) is 1. The van der Waals surface area contributed by atoms with E-state index in [0.29, 0.717) is 5.92 Å². The Hall–Kier alpha value is -2.04. The van der Waals surface area contributed by atoms with Crippen molar-refractivity contribution in [2.45, 2.75) is 64.3 Å². The topological polar surface area (TPSA) is 55.8 Å². The molecule has 0 spiro atoms. The van der Waals surface area contributed by atoms with Crippen molar-refractivity contribution >= 4 is 17.6 Å². The molecule has 4 rings (SSSR count). The molecule has 30 heavy (non-hydrogen) atoms. The van der Waals surface area contributed by atoms with Gasteiger partial charge in [-0.1, -0.05) is 43.6 Å². The van der Waals surface area contributed by atoms with E-state index in [1.165, 1.54) is 5.56 Å². The average Bonchev–Trinajstić information content (AvgIpc) is 2.67. The van der Waals surface area contributed by atoms with Gasteiger partial charge in [0.15, 0.2) is 0 Å². The molecule has 4 nitrogen and oxygen atoms in total. The van der Waals surface area contributed by atoms with Gasteiger partial charge in [0, 0.05) is 22.4 Å². The number of carboxylic acids is 1. The number of rotatable bonds is 4. The van der Waals surface area contributed by atoms with Crippen LogP contribution in [0.2, 0.25) is 5.02 Å². The van der Waals surface area contributed by atoms with Crippen molar-refractivity contribution in [2.24, 2.45) is 11.8 Å². The van der Waals surface area contributed by atoms with Crippen LogP contribution in [0.3, 0.4) is 0 Å². The fraction of sp³-hybridized carbons (Fsp3) is 0.480. The zero-order chi connectivity index (χ0) is 21.6. The Morgan fingerprint density at radius 2 is 1.90 bits per heavy atom. The van der Waals surface area contributed by atoms with Gasteiger partial charge in [0.05, 0.1) is 18.6 Å². The molecule has 2 aliphatic rings. The van der Waals surface area contributed by atoms with Gasteiger partial charge in [-0.15, -0.1) is 0 Å². The lowest BCUT2D eigenvalue weighted by Gasteiger charge is -2.52. The lowest BCUT2D eigenvalue weighted by molar-refractivity contribution is -0.169. The molecule has 5 heteroatoms. The zero-order valence-corrected chi connectivity index (χ0v) is 18.6. The molecule has 1 fully saturated rings. The molecule has 4 atom stereocenters. The minimum Gasteiger partial charge on any atom is -0.487 e. The van der Waals surface area contributed by atoms with Gasteiger partial charge in [0.25, 0.3) is 0 Å². The molecule has 1 saturated heterocycles. The highest BCUT2D eigenvalue weighted by molar-refractivity contribution is 6.30. The van der Waals surface area contributed by atoms with E-state index in [1.807, 2.05) is 30.3 Å². The Bertz CT molecular complexity index is 935. The van der Waals surface area contributed by atoms with Gasteiger partial charge in [-0.05, 0) is 61.6 Å². The molecule has 2 aromatic rings. The molecule has 0 saturated carbocycles. The van der Waals surface area contributed by atoms with Crippen LogP contribution in [0.15, 0.2) is 42.5 Å². The quantitative estimate of drug-likeness (QED) is 0.646. The first kappa shape index (κ1) is 21.2. The predicted octanol–water partition coefficient (Wildman–Crippen LogP) is 6.02. The highest BCUT2D eigenvalue weighted by atomic mass is 35.5. The van der Waals surface area contributed by atoms with Crippen LogP contribution in [0.5, 0.6) is 5.75 Å². The molecule has 160 valence electrons. The van der Waals surface area contributed by atoms with Crippen LogP contribution in [0.1, 0.15) is 62.8 Å². The summed E-state index contributed by atoms with van der Waals surface area (Å²) >= 11 is 6.12. The maximum atomic E-state index is 11.2. The van der Waals surface area contributed by atoms with E-state index < -0.39 is 11.6 Å². The van der Waals surface area contributed by atoms with Crippen molar-refractivity contribution in [3.63, 3.8) is 0 Å². The smallest absolute Gasteiger partial charge is 0.307 e. The van der Waals surface area contributed by atoms with Gasteiger partial charge in [0.2, 0.25) is 0 Å². The van der Waals surface area contributed by atoms with Crippen LogP contribution < -0.4 is 4.74 Å². The second-order valence-electron chi connectivity index (χ2n) is 9.41. The maximum Gasteiger partial charge on any atom is 0.307 e. The fourth-order valence-corrected chi connectivity index (χ4v) is 5.17. The number of carboxylic acid groups (broad SMARTS) is 1. The average molecular weight is 429 g/mol. The zero-order valence-electron chi connectivity index (χ0n) is 17.9. The van der Waals surface area contributed by atoms with Crippen LogP contribution >= 0.6 is 11.6 Å². The Morgan fingerprint density at radius 3 is 2.53 bits per heavy atom. The molecule has 1 N–H and O–H groups in total. The first-order valence-corrected chi connectivity index (χ1v) is 11.0. The van der Waals surface area contributed by atoms with Gasteiger partial charge >= 0.3 is 5.97 Å². The predicted molar refractivity (Wildman–Crippen MR) is 117 cm³/mol. The summed E-state index contributed by atoms with van der Waals surface area (Å²) in [6, 6.07) is 13.8. The van der Waals surface area contributed by atoms with Gasteiger partial charge in [0.1, 0.15) is 11.4 Å². The summed E-state index contributed by atoms with van der Waals surface area (Å²) in [6.07, 6.45) is 0.866. The highest BCUT2D eigenvalue weighted by Gasteiger charge is 2.51. The third kappa shape index (κ3) is 3.95. The summed E-state index contributed by atoms with van der Waals surface area (Å²) in [5.41, 5.74) is 2.59. The van der Waals surface area contributed by atoms with Crippen LogP contribution in [-0.2, 0) is 16.0 Å².